The Bertz CT molecular complexity index is 398. The van der Waals surface area contributed by atoms with Gasteiger partial charge in [-0.15, -0.1) is 9.34 Å². The Balaban J connectivity index is 3.42. The van der Waals surface area contributed by atoms with Gasteiger partial charge in [0.2, 0.25) is 7.89 Å². The normalized spacial score (nSPS) is 18.5. The maximum atomic E-state index is 2.85. The fraction of sp³-hybridized carbons (Fsp3) is 0.947. The van der Waals surface area contributed by atoms with E-state index in [-0.39, 0.29) is 0 Å². The Morgan fingerprint density at radius 3 is 1.04 bits per heavy atom. The molecule has 0 N–H and O–H groups in total. The summed E-state index contributed by atoms with van der Waals surface area (Å²) in [7, 11) is 0.157. The topological polar surface area (TPSA) is 9.72 Å². The average molecular weight is 375 g/mol. The predicted octanol–water partition coefficient (Wildman–Crippen LogP) is 6.15. The van der Waals surface area contributed by atoms with Crippen LogP contribution in [0.25, 0.3) is 0 Å². The molecule has 24 heavy (non-hydrogen) atoms. The highest BCUT2D eigenvalue weighted by atomic mass is 32.1. The fourth-order valence-electron chi connectivity index (χ4n) is 4.28. The minimum Gasteiger partial charge on any atom is -0.230 e. The first-order chi connectivity index (χ1) is 10.9. The van der Waals surface area contributed by atoms with Crippen LogP contribution in [0, 0.1) is 0 Å². The molecular formula is C19H42N3P2+. The molecule has 5 heteroatoms. The maximum absolute atomic E-state index is 2.85. The summed E-state index contributed by atoms with van der Waals surface area (Å²) >= 11 is 0. The lowest BCUT2D eigenvalue weighted by atomic mass is 10.2. The Morgan fingerprint density at radius 1 is 0.542 bits per heavy atom. The van der Waals surface area contributed by atoms with Crippen LogP contribution in [0.1, 0.15) is 83.1 Å². The van der Waals surface area contributed by atoms with Crippen LogP contribution in [-0.4, -0.2) is 55.7 Å². The summed E-state index contributed by atoms with van der Waals surface area (Å²) in [6, 6.07) is 3.43. The third-order valence-corrected chi connectivity index (χ3v) is 12.5. The van der Waals surface area contributed by atoms with Crippen molar-refractivity contribution in [2.45, 2.75) is 119 Å². The molecule has 3 nitrogen and oxygen atoms in total. The first-order valence-corrected chi connectivity index (χ1v) is 13.0. The molecule has 0 fully saturated rings. The van der Waals surface area contributed by atoms with Gasteiger partial charge in [0.15, 0.2) is 0 Å². The van der Waals surface area contributed by atoms with Crippen molar-refractivity contribution >= 4 is 20.3 Å². The average Bonchev–Trinajstić information content (AvgIpc) is 2.99. The second-order valence-electron chi connectivity index (χ2n) is 8.70. The Kier molecular flexibility index (Phi) is 7.93. The van der Waals surface area contributed by atoms with Gasteiger partial charge in [-0.05, 0) is 83.1 Å². The van der Waals surface area contributed by atoms with Gasteiger partial charge in [0.25, 0.3) is 12.4 Å². The van der Waals surface area contributed by atoms with Gasteiger partial charge in [-0.25, -0.2) is 4.90 Å². The molecule has 0 aliphatic carbocycles. The van der Waals surface area contributed by atoms with E-state index in [4.69, 9.17) is 0 Å². The molecule has 1 aliphatic heterocycles. The lowest BCUT2D eigenvalue weighted by Gasteiger charge is -2.42. The first kappa shape index (κ1) is 22.5. The molecule has 0 aromatic heterocycles. The molecule has 0 saturated carbocycles. The molecule has 0 unspecified atom stereocenters. The van der Waals surface area contributed by atoms with E-state index in [1.165, 1.54) is 0 Å². The van der Waals surface area contributed by atoms with Gasteiger partial charge in [0, 0.05) is 36.3 Å². The lowest BCUT2D eigenvalue weighted by Crippen LogP contribution is -2.48. The summed E-state index contributed by atoms with van der Waals surface area (Å²) in [5.74, 6) is 0. The quantitative estimate of drug-likeness (QED) is 0.448. The van der Waals surface area contributed by atoms with Crippen molar-refractivity contribution in [3.63, 3.8) is 0 Å². The molecule has 0 saturated heterocycles. The van der Waals surface area contributed by atoms with Gasteiger partial charge < -0.3 is 0 Å². The lowest BCUT2D eigenvalue weighted by molar-refractivity contribution is 0.253. The summed E-state index contributed by atoms with van der Waals surface area (Å²) < 4.78 is 5.70. The highest BCUT2D eigenvalue weighted by Gasteiger charge is 2.72. The van der Waals surface area contributed by atoms with Gasteiger partial charge in [-0.2, -0.15) is 0 Å². The van der Waals surface area contributed by atoms with Gasteiger partial charge in [0.05, 0.1) is 0 Å². The van der Waals surface area contributed by atoms with E-state index in [1.807, 2.05) is 0 Å². The molecule has 142 valence electrons. The van der Waals surface area contributed by atoms with E-state index in [9.17, 15) is 0 Å². The minimum absolute atomic E-state index is 0.566. The van der Waals surface area contributed by atoms with Crippen LogP contribution in [0.5, 0.6) is 0 Å². The molecule has 0 atom stereocenters. The van der Waals surface area contributed by atoms with Crippen LogP contribution in [0.3, 0.4) is 0 Å². The summed E-state index contributed by atoms with van der Waals surface area (Å²) in [5.41, 5.74) is 0. The van der Waals surface area contributed by atoms with Crippen molar-refractivity contribution in [1.29, 1.82) is 0 Å². The number of rotatable bonds is 9. The van der Waals surface area contributed by atoms with Crippen molar-refractivity contribution in [3.05, 3.63) is 0 Å². The van der Waals surface area contributed by atoms with Crippen molar-refractivity contribution < 1.29 is 0 Å². The zero-order chi connectivity index (χ0) is 19.0. The highest BCUT2D eigenvalue weighted by Crippen LogP contribution is 2.91. The van der Waals surface area contributed by atoms with Crippen LogP contribution < -0.4 is 0 Å². The van der Waals surface area contributed by atoms with Crippen LogP contribution in [-0.2, 0) is 0 Å². The van der Waals surface area contributed by atoms with Crippen molar-refractivity contribution in [1.82, 2.24) is 14.2 Å². The Morgan fingerprint density at radius 2 is 0.833 bits per heavy atom. The summed E-state index contributed by atoms with van der Waals surface area (Å²) in [4.78, 5) is 2.70. The van der Waals surface area contributed by atoms with E-state index in [2.05, 4.69) is 97.3 Å². The van der Waals surface area contributed by atoms with Gasteiger partial charge in [0.1, 0.15) is 0 Å². The van der Waals surface area contributed by atoms with Gasteiger partial charge in [-0.3, -0.25) is 0 Å². The third-order valence-electron chi connectivity index (χ3n) is 4.56. The monoisotopic (exact) mass is 374 g/mol. The summed E-state index contributed by atoms with van der Waals surface area (Å²) in [6.45, 7) is 28.4. The minimum atomic E-state index is -1.43. The smallest absolute Gasteiger partial charge is 0.230 e. The van der Waals surface area contributed by atoms with Crippen molar-refractivity contribution in [2.24, 2.45) is 0 Å². The standard InChI is InChI=1S/C19H42N3P2/c1-13(2)20(14(3)4)19-23-24(19,21(15(5)6)16(7)8)22(17(9)10)18(11)12/h13-18H,1-12H3/q+1. The zero-order valence-corrected chi connectivity index (χ0v) is 20.0. The third kappa shape index (κ3) is 4.24. The van der Waals surface area contributed by atoms with E-state index in [1.54, 1.807) is 13.1 Å². The van der Waals surface area contributed by atoms with Crippen LogP contribution in [0.15, 0.2) is 0 Å². The SMILES string of the molecule is CC(C)N(C1=P[P+]1(N(C(C)C)C(C)C)N(C(C)C)C(C)C)C(C)C. The van der Waals surface area contributed by atoms with Crippen molar-refractivity contribution in [3.8, 4) is 0 Å². The fourth-order valence-corrected chi connectivity index (χ4v) is 14.9. The van der Waals surface area contributed by atoms with Crippen molar-refractivity contribution in [2.75, 3.05) is 0 Å². The summed E-state index contributed by atoms with van der Waals surface area (Å²) in [5, 5.41) is 1.71. The molecule has 0 aromatic carbocycles. The summed E-state index contributed by atoms with van der Waals surface area (Å²) in [6.07, 6.45) is 0. The predicted molar refractivity (Wildman–Crippen MR) is 115 cm³/mol. The van der Waals surface area contributed by atoms with Crippen LogP contribution >= 0.6 is 15.1 Å². The number of hydrogen-bond donors (Lipinski definition) is 0. The van der Waals surface area contributed by atoms with Gasteiger partial charge >= 0.3 is 0 Å². The second kappa shape index (κ2) is 8.45. The molecule has 0 radical (unpaired) electrons. The zero-order valence-electron chi connectivity index (χ0n) is 18.2. The molecule has 1 rings (SSSR count). The first-order valence-electron chi connectivity index (χ1n) is 9.75. The van der Waals surface area contributed by atoms with Gasteiger partial charge in [-0.1, -0.05) is 0 Å². The van der Waals surface area contributed by atoms with E-state index >= 15 is 0 Å². The van der Waals surface area contributed by atoms with E-state index < -0.39 is 7.25 Å². The largest absolute Gasteiger partial charge is 0.262 e. The van der Waals surface area contributed by atoms with E-state index in [0.717, 1.165) is 0 Å². The molecule has 0 bridgehead atoms. The molecule has 1 aliphatic rings. The molecule has 1 heterocycles. The molecular weight excluding hydrogens is 332 g/mol. The van der Waals surface area contributed by atoms with Crippen LogP contribution in [0.2, 0.25) is 0 Å². The second-order valence-corrected chi connectivity index (χ2v) is 14.4. The van der Waals surface area contributed by atoms with Crippen LogP contribution in [0.4, 0.5) is 0 Å². The molecule has 0 spiro atoms. The van der Waals surface area contributed by atoms with E-state index in [0.29, 0.717) is 36.3 Å². The number of hydrogen-bond acceptors (Lipinski definition) is 3. The molecule has 0 aromatic rings. The molecule has 0 amide bonds. The number of nitrogens with zero attached hydrogens (tertiary/aromatic N) is 3. The highest BCUT2D eigenvalue weighted by molar-refractivity contribution is 8.53. The Labute approximate surface area is 154 Å². The maximum Gasteiger partial charge on any atom is 0.262 e. The Hall–Kier alpha value is 0.480.